The summed E-state index contributed by atoms with van der Waals surface area (Å²) < 4.78 is 12.9. The van der Waals surface area contributed by atoms with Crippen molar-refractivity contribution < 1.29 is 14.3 Å². The Morgan fingerprint density at radius 2 is 2.00 bits per heavy atom. The number of likely N-dealkylation sites (tertiary alicyclic amines) is 1. The number of urea groups is 1. The lowest BCUT2D eigenvalue weighted by Gasteiger charge is -2.34. The Balaban J connectivity index is 1.87. The van der Waals surface area contributed by atoms with Crippen LogP contribution in [0.3, 0.4) is 0 Å². The number of hydrogen-bond donors (Lipinski definition) is 2. The Morgan fingerprint density at radius 3 is 2.55 bits per heavy atom. The van der Waals surface area contributed by atoms with E-state index in [1.807, 2.05) is 6.92 Å². The van der Waals surface area contributed by atoms with Crippen LogP contribution in [0.4, 0.5) is 9.18 Å². The number of nitrogens with zero attached hydrogens (tertiary/aromatic N) is 1. The van der Waals surface area contributed by atoms with Crippen molar-refractivity contribution in [3.05, 3.63) is 48.3 Å². The maximum Gasteiger partial charge on any atom is 0.317 e. The Bertz CT molecular complexity index is 510. The zero-order valence-corrected chi connectivity index (χ0v) is 12.8. The number of carbonyl (C=O) groups excluding carboxylic acids is 1. The van der Waals surface area contributed by atoms with Gasteiger partial charge in [-0.3, -0.25) is 0 Å². The first-order valence-electron chi connectivity index (χ1n) is 7.62. The van der Waals surface area contributed by atoms with Crippen LogP contribution >= 0.6 is 0 Å². The lowest BCUT2D eigenvalue weighted by Crippen LogP contribution is -2.47. The van der Waals surface area contributed by atoms with Gasteiger partial charge < -0.3 is 15.3 Å². The van der Waals surface area contributed by atoms with Crippen molar-refractivity contribution in [2.45, 2.75) is 31.9 Å². The third kappa shape index (κ3) is 4.07. The minimum absolute atomic E-state index is 0.0602. The summed E-state index contributed by atoms with van der Waals surface area (Å²) >= 11 is 0. The molecule has 0 aromatic heterocycles. The van der Waals surface area contributed by atoms with Crippen LogP contribution in [0.2, 0.25) is 0 Å². The third-order valence-corrected chi connectivity index (χ3v) is 4.19. The first-order chi connectivity index (χ1) is 10.5. The molecule has 0 radical (unpaired) electrons. The summed E-state index contributed by atoms with van der Waals surface area (Å²) in [6.07, 6.45) is 2.53. The molecular formula is C17H23FN2O2. The zero-order valence-electron chi connectivity index (χ0n) is 12.8. The van der Waals surface area contributed by atoms with Crippen LogP contribution in [0.5, 0.6) is 0 Å². The van der Waals surface area contributed by atoms with Crippen LogP contribution in [0.25, 0.3) is 0 Å². The predicted molar refractivity (Wildman–Crippen MR) is 83.8 cm³/mol. The number of aliphatic hydroxyl groups is 1. The van der Waals surface area contributed by atoms with Gasteiger partial charge in [0.15, 0.2) is 0 Å². The Hall–Kier alpha value is -1.88. The van der Waals surface area contributed by atoms with Gasteiger partial charge in [0.1, 0.15) is 5.82 Å². The summed E-state index contributed by atoms with van der Waals surface area (Å²) in [6, 6.07) is 5.79. The van der Waals surface area contributed by atoms with Crippen molar-refractivity contribution in [1.29, 1.82) is 0 Å². The standard InChI is InChI=1S/C17H23FN2O2/c1-3-12(2)19-17(22)20-10-8-14(9-11-20)16(21)13-4-6-15(18)7-5-13/h3-7,12,14,16,21H,1,8-11H2,2H3,(H,19,22). The Kier molecular flexibility index (Phi) is 5.55. The van der Waals surface area contributed by atoms with E-state index in [-0.39, 0.29) is 23.8 Å². The molecule has 0 saturated carbocycles. The SMILES string of the molecule is C=CC(C)NC(=O)N1CCC(C(O)c2ccc(F)cc2)CC1. The lowest BCUT2D eigenvalue weighted by atomic mass is 9.87. The maximum absolute atomic E-state index is 12.9. The molecule has 4 nitrogen and oxygen atoms in total. The summed E-state index contributed by atoms with van der Waals surface area (Å²) in [5.74, 6) is -0.217. The molecule has 1 aromatic rings. The smallest absolute Gasteiger partial charge is 0.317 e. The zero-order chi connectivity index (χ0) is 16.1. The summed E-state index contributed by atoms with van der Waals surface area (Å²) in [6.45, 7) is 6.73. The van der Waals surface area contributed by atoms with E-state index >= 15 is 0 Å². The van der Waals surface area contributed by atoms with Crippen LogP contribution < -0.4 is 5.32 Å². The minimum atomic E-state index is -0.613. The molecule has 2 amide bonds. The molecule has 1 aliphatic heterocycles. The topological polar surface area (TPSA) is 52.6 Å². The number of amides is 2. The van der Waals surface area contributed by atoms with Crippen LogP contribution in [0.1, 0.15) is 31.4 Å². The quantitative estimate of drug-likeness (QED) is 0.841. The van der Waals surface area contributed by atoms with Gasteiger partial charge in [0, 0.05) is 19.1 Å². The molecule has 1 aromatic carbocycles. The van der Waals surface area contributed by atoms with E-state index in [0.29, 0.717) is 13.1 Å². The van der Waals surface area contributed by atoms with E-state index in [2.05, 4.69) is 11.9 Å². The molecule has 2 rings (SSSR count). The van der Waals surface area contributed by atoms with Gasteiger partial charge in [-0.2, -0.15) is 0 Å². The van der Waals surface area contributed by atoms with Gasteiger partial charge >= 0.3 is 6.03 Å². The highest BCUT2D eigenvalue weighted by atomic mass is 19.1. The maximum atomic E-state index is 12.9. The highest BCUT2D eigenvalue weighted by Crippen LogP contribution is 2.30. The molecule has 1 fully saturated rings. The lowest BCUT2D eigenvalue weighted by molar-refractivity contribution is 0.0663. The molecule has 22 heavy (non-hydrogen) atoms. The largest absolute Gasteiger partial charge is 0.388 e. The van der Waals surface area contributed by atoms with Gasteiger partial charge in [0.25, 0.3) is 0 Å². The first-order valence-corrected chi connectivity index (χ1v) is 7.62. The molecule has 2 atom stereocenters. The normalized spacial score (nSPS) is 18.6. The van der Waals surface area contributed by atoms with Crippen molar-refractivity contribution >= 4 is 6.03 Å². The predicted octanol–water partition coefficient (Wildman–Crippen LogP) is 2.86. The van der Waals surface area contributed by atoms with Crippen molar-refractivity contribution in [2.75, 3.05) is 13.1 Å². The van der Waals surface area contributed by atoms with Gasteiger partial charge in [0.05, 0.1) is 6.10 Å². The molecule has 120 valence electrons. The monoisotopic (exact) mass is 306 g/mol. The second kappa shape index (κ2) is 7.40. The number of hydrogen-bond acceptors (Lipinski definition) is 2. The summed E-state index contributed by atoms with van der Waals surface area (Å²) in [5.41, 5.74) is 0.726. The van der Waals surface area contributed by atoms with Crippen molar-refractivity contribution in [2.24, 2.45) is 5.92 Å². The number of piperidine rings is 1. The van der Waals surface area contributed by atoms with Crippen LogP contribution in [0.15, 0.2) is 36.9 Å². The van der Waals surface area contributed by atoms with Gasteiger partial charge in [-0.05, 0) is 43.4 Å². The van der Waals surface area contributed by atoms with E-state index in [1.54, 1.807) is 23.1 Å². The first kappa shape index (κ1) is 16.5. The molecule has 1 aliphatic rings. The fraction of sp³-hybridized carbons (Fsp3) is 0.471. The van der Waals surface area contributed by atoms with Gasteiger partial charge in [0.2, 0.25) is 0 Å². The van der Waals surface area contributed by atoms with E-state index in [4.69, 9.17) is 0 Å². The molecular weight excluding hydrogens is 283 g/mol. The van der Waals surface area contributed by atoms with E-state index in [1.165, 1.54) is 12.1 Å². The average molecular weight is 306 g/mol. The minimum Gasteiger partial charge on any atom is -0.388 e. The summed E-state index contributed by atoms with van der Waals surface area (Å²) in [7, 11) is 0. The van der Waals surface area contributed by atoms with Crippen molar-refractivity contribution in [3.63, 3.8) is 0 Å². The second-order valence-corrected chi connectivity index (χ2v) is 5.79. The summed E-state index contributed by atoms with van der Waals surface area (Å²) in [4.78, 5) is 13.8. The number of rotatable bonds is 4. The molecule has 0 bridgehead atoms. The molecule has 0 spiro atoms. The highest BCUT2D eigenvalue weighted by Gasteiger charge is 2.28. The molecule has 5 heteroatoms. The number of halogens is 1. The van der Waals surface area contributed by atoms with Gasteiger partial charge in [-0.15, -0.1) is 6.58 Å². The van der Waals surface area contributed by atoms with Crippen molar-refractivity contribution in [3.8, 4) is 0 Å². The number of benzene rings is 1. The molecule has 0 aliphatic carbocycles. The summed E-state index contributed by atoms with van der Waals surface area (Å²) in [5, 5.41) is 13.2. The van der Waals surface area contributed by atoms with E-state index in [9.17, 15) is 14.3 Å². The molecule has 2 unspecified atom stereocenters. The highest BCUT2D eigenvalue weighted by molar-refractivity contribution is 5.74. The van der Waals surface area contributed by atoms with Gasteiger partial charge in [-0.1, -0.05) is 18.2 Å². The van der Waals surface area contributed by atoms with Gasteiger partial charge in [-0.25, -0.2) is 9.18 Å². The number of carbonyl (C=O) groups is 1. The van der Waals surface area contributed by atoms with Crippen molar-refractivity contribution in [1.82, 2.24) is 10.2 Å². The number of aliphatic hydroxyl groups excluding tert-OH is 1. The fourth-order valence-electron chi connectivity index (χ4n) is 2.70. The molecule has 1 heterocycles. The molecule has 2 N–H and O–H groups in total. The van der Waals surface area contributed by atoms with E-state index < -0.39 is 6.10 Å². The number of nitrogens with one attached hydrogen (secondary N) is 1. The average Bonchev–Trinajstić information content (AvgIpc) is 2.55. The molecule has 1 saturated heterocycles. The van der Waals surface area contributed by atoms with Crippen LogP contribution in [0, 0.1) is 11.7 Å². The fourth-order valence-corrected chi connectivity index (χ4v) is 2.70. The Morgan fingerprint density at radius 1 is 1.41 bits per heavy atom. The third-order valence-electron chi connectivity index (χ3n) is 4.19. The Labute approximate surface area is 130 Å². The second-order valence-electron chi connectivity index (χ2n) is 5.79. The van der Waals surface area contributed by atoms with Crippen LogP contribution in [-0.2, 0) is 0 Å². The van der Waals surface area contributed by atoms with E-state index in [0.717, 1.165) is 18.4 Å². The van der Waals surface area contributed by atoms with Crippen LogP contribution in [-0.4, -0.2) is 35.2 Å².